The SMILES string of the molecule is CC(c1nc(-c2ccccc2)n[nH]1)n1cncn1. The summed E-state index contributed by atoms with van der Waals surface area (Å²) in [5, 5.41) is 11.3. The van der Waals surface area contributed by atoms with Crippen molar-refractivity contribution < 1.29 is 0 Å². The molecule has 1 atom stereocenters. The minimum absolute atomic E-state index is 0.0162. The quantitative estimate of drug-likeness (QED) is 0.755. The summed E-state index contributed by atoms with van der Waals surface area (Å²) in [4.78, 5) is 8.40. The average Bonchev–Trinajstić information content (AvgIpc) is 3.10. The van der Waals surface area contributed by atoms with Gasteiger partial charge < -0.3 is 0 Å². The Hall–Kier alpha value is -2.50. The molecule has 0 aliphatic carbocycles. The third kappa shape index (κ3) is 1.88. The lowest BCUT2D eigenvalue weighted by atomic mass is 10.2. The molecule has 2 heterocycles. The molecule has 6 nitrogen and oxygen atoms in total. The van der Waals surface area contributed by atoms with E-state index < -0.39 is 0 Å². The molecule has 1 unspecified atom stereocenters. The number of hydrogen-bond donors (Lipinski definition) is 1. The number of aromatic nitrogens is 6. The van der Waals surface area contributed by atoms with Crippen molar-refractivity contribution in [2.45, 2.75) is 13.0 Å². The van der Waals surface area contributed by atoms with Crippen molar-refractivity contribution in [2.24, 2.45) is 0 Å². The van der Waals surface area contributed by atoms with E-state index in [1.54, 1.807) is 11.0 Å². The molecule has 0 saturated carbocycles. The maximum absolute atomic E-state index is 4.48. The van der Waals surface area contributed by atoms with Crippen molar-refractivity contribution in [3.05, 3.63) is 48.8 Å². The summed E-state index contributed by atoms with van der Waals surface area (Å²) in [7, 11) is 0. The number of nitrogens with zero attached hydrogens (tertiary/aromatic N) is 5. The first-order valence-electron chi connectivity index (χ1n) is 5.66. The molecule has 0 spiro atoms. The van der Waals surface area contributed by atoms with Gasteiger partial charge in [0.15, 0.2) is 5.82 Å². The predicted octanol–water partition coefficient (Wildman–Crippen LogP) is 1.67. The normalized spacial score (nSPS) is 12.5. The van der Waals surface area contributed by atoms with Gasteiger partial charge in [-0.3, -0.25) is 5.10 Å². The highest BCUT2D eigenvalue weighted by Crippen LogP contribution is 2.17. The van der Waals surface area contributed by atoms with Crippen LogP contribution in [0.2, 0.25) is 0 Å². The zero-order valence-corrected chi connectivity index (χ0v) is 9.85. The van der Waals surface area contributed by atoms with Gasteiger partial charge in [0.2, 0.25) is 0 Å². The van der Waals surface area contributed by atoms with E-state index in [2.05, 4.69) is 25.3 Å². The Balaban J connectivity index is 1.90. The molecule has 6 heteroatoms. The number of nitrogens with one attached hydrogen (secondary N) is 1. The molecule has 0 saturated heterocycles. The maximum atomic E-state index is 4.48. The number of hydrogen-bond acceptors (Lipinski definition) is 4. The summed E-state index contributed by atoms with van der Waals surface area (Å²) < 4.78 is 1.73. The lowest BCUT2D eigenvalue weighted by molar-refractivity contribution is 0.536. The van der Waals surface area contributed by atoms with Crippen molar-refractivity contribution in [3.63, 3.8) is 0 Å². The fourth-order valence-corrected chi connectivity index (χ4v) is 1.72. The monoisotopic (exact) mass is 240 g/mol. The molecule has 0 aliphatic heterocycles. The van der Waals surface area contributed by atoms with Crippen LogP contribution in [0.15, 0.2) is 43.0 Å². The molecule has 0 radical (unpaired) electrons. The van der Waals surface area contributed by atoms with Crippen LogP contribution in [0.1, 0.15) is 18.8 Å². The largest absolute Gasteiger partial charge is 0.261 e. The zero-order chi connectivity index (χ0) is 12.4. The molecule has 0 amide bonds. The van der Waals surface area contributed by atoms with E-state index in [1.807, 2.05) is 37.3 Å². The number of H-pyrrole nitrogens is 1. The molecule has 90 valence electrons. The summed E-state index contributed by atoms with van der Waals surface area (Å²) in [6.45, 7) is 1.99. The van der Waals surface area contributed by atoms with Gasteiger partial charge in [-0.05, 0) is 6.92 Å². The summed E-state index contributed by atoms with van der Waals surface area (Å²) in [6, 6.07) is 9.84. The fourth-order valence-electron chi connectivity index (χ4n) is 1.72. The highest BCUT2D eigenvalue weighted by Gasteiger charge is 2.14. The predicted molar refractivity (Wildman–Crippen MR) is 65.7 cm³/mol. The third-order valence-corrected chi connectivity index (χ3v) is 2.76. The first-order valence-corrected chi connectivity index (χ1v) is 5.66. The van der Waals surface area contributed by atoms with Crippen LogP contribution in [-0.4, -0.2) is 29.9 Å². The van der Waals surface area contributed by atoms with E-state index in [0.717, 1.165) is 11.4 Å². The van der Waals surface area contributed by atoms with Crippen molar-refractivity contribution in [1.29, 1.82) is 0 Å². The zero-order valence-electron chi connectivity index (χ0n) is 9.85. The van der Waals surface area contributed by atoms with E-state index in [-0.39, 0.29) is 6.04 Å². The van der Waals surface area contributed by atoms with E-state index in [1.165, 1.54) is 6.33 Å². The summed E-state index contributed by atoms with van der Waals surface area (Å²) in [5.74, 6) is 1.46. The van der Waals surface area contributed by atoms with E-state index in [0.29, 0.717) is 5.82 Å². The van der Waals surface area contributed by atoms with Crippen molar-refractivity contribution in [3.8, 4) is 11.4 Å². The van der Waals surface area contributed by atoms with Crippen LogP contribution in [-0.2, 0) is 0 Å². The van der Waals surface area contributed by atoms with Gasteiger partial charge in [0.1, 0.15) is 24.5 Å². The molecule has 3 aromatic rings. The Morgan fingerprint density at radius 3 is 2.78 bits per heavy atom. The summed E-state index contributed by atoms with van der Waals surface area (Å²) >= 11 is 0. The third-order valence-electron chi connectivity index (χ3n) is 2.76. The maximum Gasteiger partial charge on any atom is 0.181 e. The lowest BCUT2D eigenvalue weighted by Crippen LogP contribution is -2.08. The molecule has 1 aromatic carbocycles. The Bertz CT molecular complexity index is 613. The van der Waals surface area contributed by atoms with Gasteiger partial charge in [-0.25, -0.2) is 14.6 Å². The van der Waals surface area contributed by atoms with Crippen molar-refractivity contribution >= 4 is 0 Å². The van der Waals surface area contributed by atoms with Gasteiger partial charge in [0, 0.05) is 5.56 Å². The van der Waals surface area contributed by atoms with Crippen molar-refractivity contribution in [1.82, 2.24) is 29.9 Å². The molecule has 0 fully saturated rings. The van der Waals surface area contributed by atoms with E-state index in [9.17, 15) is 0 Å². The Morgan fingerprint density at radius 2 is 2.06 bits per heavy atom. The molecule has 0 aliphatic rings. The van der Waals surface area contributed by atoms with Crippen LogP contribution in [0.4, 0.5) is 0 Å². The van der Waals surface area contributed by atoms with E-state index in [4.69, 9.17) is 0 Å². The molecule has 1 N–H and O–H groups in total. The summed E-state index contributed by atoms with van der Waals surface area (Å²) in [5.41, 5.74) is 0.991. The Kier molecular flexibility index (Phi) is 2.60. The Labute approximate surface area is 104 Å². The van der Waals surface area contributed by atoms with Crippen LogP contribution in [0, 0.1) is 0 Å². The topological polar surface area (TPSA) is 72.3 Å². The highest BCUT2D eigenvalue weighted by molar-refractivity contribution is 5.53. The van der Waals surface area contributed by atoms with Gasteiger partial charge >= 0.3 is 0 Å². The Morgan fingerprint density at radius 1 is 1.22 bits per heavy atom. The number of rotatable bonds is 3. The average molecular weight is 240 g/mol. The minimum Gasteiger partial charge on any atom is -0.261 e. The highest BCUT2D eigenvalue weighted by atomic mass is 15.4. The molecule has 3 rings (SSSR count). The van der Waals surface area contributed by atoms with Gasteiger partial charge in [-0.1, -0.05) is 30.3 Å². The van der Waals surface area contributed by atoms with Crippen LogP contribution < -0.4 is 0 Å². The standard InChI is InChI=1S/C12H12N6/c1-9(18-8-13-7-14-18)11-15-12(17-16-11)10-5-3-2-4-6-10/h2-9H,1H3,(H,15,16,17). The molecular formula is C12H12N6. The van der Waals surface area contributed by atoms with Gasteiger partial charge in [-0.2, -0.15) is 10.2 Å². The van der Waals surface area contributed by atoms with E-state index >= 15 is 0 Å². The lowest BCUT2D eigenvalue weighted by Gasteiger charge is -2.06. The van der Waals surface area contributed by atoms with Gasteiger partial charge in [-0.15, -0.1) is 0 Å². The molecule has 0 bridgehead atoms. The van der Waals surface area contributed by atoms with Crippen LogP contribution >= 0.6 is 0 Å². The fraction of sp³-hybridized carbons (Fsp3) is 0.167. The van der Waals surface area contributed by atoms with Crippen LogP contribution in [0.25, 0.3) is 11.4 Å². The first-order chi connectivity index (χ1) is 8.84. The van der Waals surface area contributed by atoms with Crippen LogP contribution in [0.5, 0.6) is 0 Å². The van der Waals surface area contributed by atoms with Crippen molar-refractivity contribution in [2.75, 3.05) is 0 Å². The van der Waals surface area contributed by atoms with Gasteiger partial charge in [0.25, 0.3) is 0 Å². The molecule has 18 heavy (non-hydrogen) atoms. The second-order valence-corrected chi connectivity index (χ2v) is 3.96. The minimum atomic E-state index is -0.0162. The van der Waals surface area contributed by atoms with Gasteiger partial charge in [0.05, 0.1) is 0 Å². The number of benzene rings is 1. The smallest absolute Gasteiger partial charge is 0.181 e. The second-order valence-electron chi connectivity index (χ2n) is 3.96. The molecular weight excluding hydrogens is 228 g/mol. The first kappa shape index (κ1) is 10.6. The number of aromatic amines is 1. The summed E-state index contributed by atoms with van der Waals surface area (Å²) in [6.07, 6.45) is 3.17. The molecule has 2 aromatic heterocycles. The second kappa shape index (κ2) is 4.40. The van der Waals surface area contributed by atoms with Crippen LogP contribution in [0.3, 0.4) is 0 Å².